The maximum Gasteiger partial charge on any atom is 0.230 e. The van der Waals surface area contributed by atoms with Crippen molar-refractivity contribution in [3.63, 3.8) is 0 Å². The van der Waals surface area contributed by atoms with Gasteiger partial charge in [0.2, 0.25) is 5.91 Å². The molecular weight excluding hydrogens is 407 g/mol. The zero-order valence-electron chi connectivity index (χ0n) is 12.4. The number of halogens is 1. The quantitative estimate of drug-likeness (QED) is 0.579. The van der Waals surface area contributed by atoms with Crippen LogP contribution >= 0.6 is 34.8 Å². The van der Waals surface area contributed by atoms with Gasteiger partial charge in [-0.25, -0.2) is 0 Å². The lowest BCUT2D eigenvalue weighted by molar-refractivity contribution is -0.119. The van der Waals surface area contributed by atoms with Gasteiger partial charge in [0, 0.05) is 9.26 Å². The smallest absolute Gasteiger partial charge is 0.230 e. The summed E-state index contributed by atoms with van der Waals surface area (Å²) in [5.41, 5.74) is 4.15. The molecule has 2 N–H and O–H groups in total. The summed E-state index contributed by atoms with van der Waals surface area (Å²) in [6.07, 6.45) is 0.313. The summed E-state index contributed by atoms with van der Waals surface area (Å²) in [6.45, 7) is 4.06. The van der Waals surface area contributed by atoms with E-state index in [9.17, 15) is 4.79 Å². The largest absolute Gasteiger partial charge is 0.332 e. The Kier molecular flexibility index (Phi) is 5.90. The molecule has 0 aliphatic rings. The first-order chi connectivity index (χ1) is 10.5. The molecule has 5 heteroatoms. The fourth-order valence-corrected chi connectivity index (χ4v) is 2.87. The minimum Gasteiger partial charge on any atom is -0.332 e. The summed E-state index contributed by atoms with van der Waals surface area (Å²) < 4.78 is 1.21. The molecule has 2 aromatic rings. The van der Waals surface area contributed by atoms with Crippen LogP contribution in [0, 0.1) is 17.4 Å². The van der Waals surface area contributed by atoms with Crippen molar-refractivity contribution in [3.8, 4) is 0 Å². The molecule has 0 aromatic heterocycles. The normalized spacial score (nSPS) is 10.1. The van der Waals surface area contributed by atoms with Crippen molar-refractivity contribution >= 4 is 51.5 Å². The Labute approximate surface area is 149 Å². The van der Waals surface area contributed by atoms with E-state index in [2.05, 4.69) is 39.3 Å². The van der Waals surface area contributed by atoms with E-state index in [1.165, 1.54) is 9.13 Å². The molecule has 0 spiro atoms. The van der Waals surface area contributed by atoms with Gasteiger partial charge in [0.15, 0.2) is 5.11 Å². The van der Waals surface area contributed by atoms with Crippen molar-refractivity contribution in [2.75, 3.05) is 5.32 Å². The second kappa shape index (κ2) is 7.69. The van der Waals surface area contributed by atoms with E-state index in [4.69, 9.17) is 12.2 Å². The molecule has 2 aromatic carbocycles. The second-order valence-electron chi connectivity index (χ2n) is 5.08. The van der Waals surface area contributed by atoms with E-state index >= 15 is 0 Å². The molecule has 0 aliphatic heterocycles. The van der Waals surface area contributed by atoms with E-state index in [0.717, 1.165) is 16.8 Å². The third-order valence-electron chi connectivity index (χ3n) is 3.21. The molecule has 0 saturated carbocycles. The number of thiocarbonyl (C=S) groups is 1. The molecule has 2 rings (SSSR count). The van der Waals surface area contributed by atoms with Gasteiger partial charge < -0.3 is 10.6 Å². The van der Waals surface area contributed by atoms with Gasteiger partial charge in [-0.2, -0.15) is 0 Å². The van der Waals surface area contributed by atoms with Gasteiger partial charge in [-0.3, -0.25) is 4.79 Å². The van der Waals surface area contributed by atoms with Gasteiger partial charge in [0.05, 0.1) is 6.42 Å². The van der Waals surface area contributed by atoms with E-state index in [1.54, 1.807) is 0 Å². The number of carbonyl (C=O) groups excluding carboxylic acids is 1. The number of anilines is 1. The Morgan fingerprint density at radius 1 is 1.14 bits per heavy atom. The fourth-order valence-electron chi connectivity index (χ4n) is 2.02. The highest BCUT2D eigenvalue weighted by molar-refractivity contribution is 14.1. The molecule has 0 atom stereocenters. The predicted molar refractivity (Wildman–Crippen MR) is 103 cm³/mol. The molecule has 0 aliphatic carbocycles. The van der Waals surface area contributed by atoms with Crippen molar-refractivity contribution < 1.29 is 4.79 Å². The van der Waals surface area contributed by atoms with E-state index in [1.807, 2.05) is 50.2 Å². The Balaban J connectivity index is 1.96. The molecule has 0 saturated heterocycles. The number of hydrogen-bond acceptors (Lipinski definition) is 2. The van der Waals surface area contributed by atoms with Crippen LogP contribution in [0.4, 0.5) is 5.69 Å². The highest BCUT2D eigenvalue weighted by Crippen LogP contribution is 2.21. The summed E-state index contributed by atoms with van der Waals surface area (Å²) in [6, 6.07) is 13.7. The minimum absolute atomic E-state index is 0.122. The van der Waals surface area contributed by atoms with Crippen LogP contribution in [-0.4, -0.2) is 11.0 Å². The molecule has 0 heterocycles. The van der Waals surface area contributed by atoms with Crippen molar-refractivity contribution in [1.29, 1.82) is 0 Å². The van der Waals surface area contributed by atoms with Crippen LogP contribution < -0.4 is 10.6 Å². The molecular formula is C17H17IN2OS. The van der Waals surface area contributed by atoms with E-state index < -0.39 is 0 Å². The van der Waals surface area contributed by atoms with Crippen molar-refractivity contribution in [2.24, 2.45) is 0 Å². The number of amides is 1. The number of carbonyl (C=O) groups is 1. The number of aryl methyl sites for hydroxylation is 2. The van der Waals surface area contributed by atoms with Crippen LogP contribution in [0.15, 0.2) is 42.5 Å². The van der Waals surface area contributed by atoms with Crippen LogP contribution in [0.1, 0.15) is 16.7 Å². The van der Waals surface area contributed by atoms with E-state index in [-0.39, 0.29) is 5.91 Å². The highest BCUT2D eigenvalue weighted by atomic mass is 127. The van der Waals surface area contributed by atoms with Crippen LogP contribution in [-0.2, 0) is 11.2 Å². The lowest BCUT2D eigenvalue weighted by atomic mass is 10.1. The van der Waals surface area contributed by atoms with Gasteiger partial charge in [-0.1, -0.05) is 30.3 Å². The predicted octanol–water partition coefficient (Wildman–Crippen LogP) is 3.96. The monoisotopic (exact) mass is 424 g/mol. The van der Waals surface area contributed by atoms with Gasteiger partial charge in [0.1, 0.15) is 0 Å². The first-order valence-corrected chi connectivity index (χ1v) is 8.36. The molecule has 3 nitrogen and oxygen atoms in total. The van der Waals surface area contributed by atoms with E-state index in [0.29, 0.717) is 11.5 Å². The Morgan fingerprint density at radius 3 is 2.50 bits per heavy atom. The molecule has 0 unspecified atom stereocenters. The molecule has 22 heavy (non-hydrogen) atoms. The first-order valence-electron chi connectivity index (χ1n) is 6.87. The molecule has 1 amide bonds. The zero-order chi connectivity index (χ0) is 16.1. The van der Waals surface area contributed by atoms with Crippen LogP contribution in [0.5, 0.6) is 0 Å². The Bertz CT molecular complexity index is 701. The molecule has 0 fully saturated rings. The molecule has 114 valence electrons. The maximum absolute atomic E-state index is 12.0. The average Bonchev–Trinajstić information content (AvgIpc) is 2.45. The standard InChI is InChI=1S/C17H17IN2OS/c1-11-9-15(12(2)8-14(11)18)19-17(22)20-16(21)10-13-6-4-3-5-7-13/h3-9H,10H2,1-2H3,(H2,19,20,21,22). The summed E-state index contributed by atoms with van der Waals surface area (Å²) in [4.78, 5) is 12.0. The SMILES string of the molecule is Cc1cc(NC(=S)NC(=O)Cc2ccccc2)c(C)cc1I. The van der Waals surface area contributed by atoms with Gasteiger partial charge in [-0.15, -0.1) is 0 Å². The molecule has 0 bridgehead atoms. The summed E-state index contributed by atoms with van der Waals surface area (Å²) >= 11 is 7.52. The van der Waals surface area contributed by atoms with Crippen molar-refractivity contribution in [1.82, 2.24) is 5.32 Å². The van der Waals surface area contributed by atoms with Crippen LogP contribution in [0.3, 0.4) is 0 Å². The van der Waals surface area contributed by atoms with Gasteiger partial charge >= 0.3 is 0 Å². The Hall–Kier alpha value is -1.47. The van der Waals surface area contributed by atoms with Crippen molar-refractivity contribution in [2.45, 2.75) is 20.3 Å². The van der Waals surface area contributed by atoms with Crippen LogP contribution in [0.2, 0.25) is 0 Å². The third kappa shape index (κ3) is 4.78. The summed E-state index contributed by atoms with van der Waals surface area (Å²) in [7, 11) is 0. The topological polar surface area (TPSA) is 41.1 Å². The minimum atomic E-state index is -0.122. The van der Waals surface area contributed by atoms with Crippen LogP contribution in [0.25, 0.3) is 0 Å². The zero-order valence-corrected chi connectivity index (χ0v) is 15.4. The average molecular weight is 424 g/mol. The number of benzene rings is 2. The first kappa shape index (κ1) is 16.9. The Morgan fingerprint density at radius 2 is 1.82 bits per heavy atom. The highest BCUT2D eigenvalue weighted by Gasteiger charge is 2.08. The number of nitrogens with one attached hydrogen (secondary N) is 2. The van der Waals surface area contributed by atoms with Crippen molar-refractivity contribution in [3.05, 3.63) is 62.7 Å². The number of rotatable bonds is 3. The number of hydrogen-bond donors (Lipinski definition) is 2. The summed E-state index contributed by atoms with van der Waals surface area (Å²) in [5, 5.41) is 6.13. The van der Waals surface area contributed by atoms with Gasteiger partial charge in [-0.05, 0) is 77.5 Å². The fraction of sp³-hybridized carbons (Fsp3) is 0.176. The third-order valence-corrected chi connectivity index (χ3v) is 4.58. The lowest BCUT2D eigenvalue weighted by Crippen LogP contribution is -2.35. The maximum atomic E-state index is 12.0. The second-order valence-corrected chi connectivity index (χ2v) is 6.65. The molecule has 0 radical (unpaired) electrons. The van der Waals surface area contributed by atoms with Gasteiger partial charge in [0.25, 0.3) is 0 Å². The lowest BCUT2D eigenvalue weighted by Gasteiger charge is -2.13. The summed E-state index contributed by atoms with van der Waals surface area (Å²) in [5.74, 6) is -0.122.